The van der Waals surface area contributed by atoms with Crippen LogP contribution in [0.2, 0.25) is 0 Å². The molecule has 1 aromatic rings. The van der Waals surface area contributed by atoms with Crippen LogP contribution in [-0.4, -0.2) is 51.8 Å². The SMILES string of the molecule is CCNC(=NCCCCSC)NCCS(=O)(=O)c1ccccc1.I. The Bertz CT molecular complexity index is 566. The van der Waals surface area contributed by atoms with Gasteiger partial charge in [0, 0.05) is 19.6 Å². The summed E-state index contributed by atoms with van der Waals surface area (Å²) in [5.74, 6) is 1.88. The number of benzene rings is 1. The van der Waals surface area contributed by atoms with Crippen LogP contribution in [0.5, 0.6) is 0 Å². The molecular formula is C16H28IN3O2S2. The Labute approximate surface area is 167 Å². The van der Waals surface area contributed by atoms with E-state index in [1.54, 1.807) is 24.3 Å². The molecule has 2 N–H and O–H groups in total. The summed E-state index contributed by atoms with van der Waals surface area (Å²) in [5, 5.41) is 6.23. The lowest BCUT2D eigenvalue weighted by molar-refractivity contribution is 0.594. The van der Waals surface area contributed by atoms with E-state index in [1.807, 2.05) is 24.8 Å². The number of unbranched alkanes of at least 4 members (excludes halogenated alkanes) is 1. The molecule has 0 unspecified atom stereocenters. The zero-order valence-electron chi connectivity index (χ0n) is 14.3. The van der Waals surface area contributed by atoms with Crippen molar-refractivity contribution in [2.24, 2.45) is 4.99 Å². The molecule has 24 heavy (non-hydrogen) atoms. The zero-order valence-corrected chi connectivity index (χ0v) is 18.3. The molecule has 0 atom stereocenters. The van der Waals surface area contributed by atoms with E-state index in [4.69, 9.17) is 0 Å². The average Bonchev–Trinajstić information content (AvgIpc) is 2.55. The van der Waals surface area contributed by atoms with Crippen molar-refractivity contribution in [3.63, 3.8) is 0 Å². The normalized spacial score (nSPS) is 11.7. The molecule has 1 aromatic carbocycles. The molecule has 0 bridgehead atoms. The third-order valence-electron chi connectivity index (χ3n) is 3.14. The summed E-state index contributed by atoms with van der Waals surface area (Å²) in [6.45, 7) is 3.84. The molecule has 0 heterocycles. The van der Waals surface area contributed by atoms with Gasteiger partial charge in [-0.15, -0.1) is 24.0 Å². The minimum Gasteiger partial charge on any atom is -0.357 e. The first-order valence-corrected chi connectivity index (χ1v) is 10.9. The van der Waals surface area contributed by atoms with Gasteiger partial charge >= 0.3 is 0 Å². The van der Waals surface area contributed by atoms with Crippen molar-refractivity contribution in [2.75, 3.05) is 37.4 Å². The van der Waals surface area contributed by atoms with Crippen LogP contribution >= 0.6 is 35.7 Å². The zero-order chi connectivity index (χ0) is 17.0. The summed E-state index contributed by atoms with van der Waals surface area (Å²) < 4.78 is 24.4. The topological polar surface area (TPSA) is 70.6 Å². The van der Waals surface area contributed by atoms with Crippen molar-refractivity contribution < 1.29 is 8.42 Å². The predicted molar refractivity (Wildman–Crippen MR) is 116 cm³/mol. The Balaban J connectivity index is 0.00000529. The van der Waals surface area contributed by atoms with Gasteiger partial charge in [0.05, 0.1) is 10.6 Å². The summed E-state index contributed by atoms with van der Waals surface area (Å²) >= 11 is 1.84. The molecule has 138 valence electrons. The van der Waals surface area contributed by atoms with Crippen molar-refractivity contribution in [3.8, 4) is 0 Å². The van der Waals surface area contributed by atoms with Crippen molar-refractivity contribution >= 4 is 51.5 Å². The van der Waals surface area contributed by atoms with E-state index in [2.05, 4.69) is 21.9 Å². The highest BCUT2D eigenvalue weighted by molar-refractivity contribution is 14.0. The molecule has 0 aromatic heterocycles. The molecule has 5 nitrogen and oxygen atoms in total. The second-order valence-electron chi connectivity index (χ2n) is 5.02. The molecule has 0 aliphatic carbocycles. The van der Waals surface area contributed by atoms with Gasteiger partial charge in [0.25, 0.3) is 0 Å². The minimum absolute atomic E-state index is 0. The number of sulfone groups is 1. The van der Waals surface area contributed by atoms with Gasteiger partial charge in [-0.3, -0.25) is 4.99 Å². The summed E-state index contributed by atoms with van der Waals surface area (Å²) in [5.41, 5.74) is 0. The lowest BCUT2D eigenvalue weighted by Crippen LogP contribution is -2.39. The van der Waals surface area contributed by atoms with Gasteiger partial charge in [-0.2, -0.15) is 11.8 Å². The van der Waals surface area contributed by atoms with E-state index < -0.39 is 9.84 Å². The lowest BCUT2D eigenvalue weighted by atomic mass is 10.3. The van der Waals surface area contributed by atoms with Crippen molar-refractivity contribution in [3.05, 3.63) is 30.3 Å². The van der Waals surface area contributed by atoms with E-state index in [0.29, 0.717) is 17.4 Å². The van der Waals surface area contributed by atoms with Crippen LogP contribution in [0.4, 0.5) is 0 Å². The van der Waals surface area contributed by atoms with Gasteiger partial charge in [-0.05, 0) is 43.9 Å². The maximum Gasteiger partial charge on any atom is 0.191 e. The highest BCUT2D eigenvalue weighted by atomic mass is 127. The van der Waals surface area contributed by atoms with Crippen LogP contribution in [-0.2, 0) is 9.84 Å². The molecule has 0 amide bonds. The lowest BCUT2D eigenvalue weighted by Gasteiger charge is -2.11. The molecule has 0 saturated heterocycles. The van der Waals surface area contributed by atoms with E-state index in [0.717, 1.165) is 31.7 Å². The number of halogens is 1. The van der Waals surface area contributed by atoms with Crippen LogP contribution in [0.25, 0.3) is 0 Å². The maximum absolute atomic E-state index is 12.2. The Morgan fingerprint density at radius 1 is 1.17 bits per heavy atom. The molecular weight excluding hydrogens is 457 g/mol. The number of rotatable bonds is 10. The molecule has 1 rings (SSSR count). The van der Waals surface area contributed by atoms with E-state index in [9.17, 15) is 8.42 Å². The van der Waals surface area contributed by atoms with Crippen LogP contribution in [0, 0.1) is 0 Å². The van der Waals surface area contributed by atoms with Crippen molar-refractivity contribution in [2.45, 2.75) is 24.7 Å². The quantitative estimate of drug-likeness (QED) is 0.231. The van der Waals surface area contributed by atoms with Crippen molar-refractivity contribution in [1.82, 2.24) is 10.6 Å². The van der Waals surface area contributed by atoms with Gasteiger partial charge in [0.2, 0.25) is 0 Å². The van der Waals surface area contributed by atoms with E-state index in [1.165, 1.54) is 0 Å². The van der Waals surface area contributed by atoms with E-state index in [-0.39, 0.29) is 29.7 Å². The number of aliphatic imine (C=N–C) groups is 1. The summed E-state index contributed by atoms with van der Waals surface area (Å²) in [6.07, 6.45) is 4.29. The summed E-state index contributed by atoms with van der Waals surface area (Å²) in [6, 6.07) is 8.53. The van der Waals surface area contributed by atoms with Crippen LogP contribution in [0.3, 0.4) is 0 Å². The number of hydrogen-bond donors (Lipinski definition) is 2. The minimum atomic E-state index is -3.25. The van der Waals surface area contributed by atoms with E-state index >= 15 is 0 Å². The molecule has 0 radical (unpaired) electrons. The second kappa shape index (κ2) is 13.8. The summed E-state index contributed by atoms with van der Waals surface area (Å²) in [4.78, 5) is 4.83. The van der Waals surface area contributed by atoms with Crippen molar-refractivity contribution in [1.29, 1.82) is 0 Å². The number of hydrogen-bond acceptors (Lipinski definition) is 4. The molecule has 0 aliphatic heterocycles. The Hall–Kier alpha value is -0.480. The molecule has 0 fully saturated rings. The maximum atomic E-state index is 12.2. The average molecular weight is 485 g/mol. The highest BCUT2D eigenvalue weighted by Gasteiger charge is 2.13. The van der Waals surface area contributed by atoms with Gasteiger partial charge in [0.15, 0.2) is 15.8 Å². The molecule has 0 spiro atoms. The van der Waals surface area contributed by atoms with Crippen LogP contribution < -0.4 is 10.6 Å². The third-order valence-corrected chi connectivity index (χ3v) is 5.57. The number of guanidine groups is 1. The van der Waals surface area contributed by atoms with Gasteiger partial charge in [0.1, 0.15) is 0 Å². The predicted octanol–water partition coefficient (Wildman–Crippen LogP) is 2.78. The standard InChI is InChI=1S/C16H27N3O2S2.HI/c1-3-17-16(18-11-7-8-13-22-2)19-12-14-23(20,21)15-9-5-4-6-10-15;/h4-6,9-10H,3,7-8,11-14H2,1-2H3,(H2,17,18,19);1H. The Kier molecular flexibility index (Phi) is 13.5. The number of thioether (sulfide) groups is 1. The Morgan fingerprint density at radius 2 is 1.88 bits per heavy atom. The first-order chi connectivity index (χ1) is 11.1. The second-order valence-corrected chi connectivity index (χ2v) is 8.11. The fourth-order valence-corrected chi connectivity index (χ4v) is 3.61. The fraction of sp³-hybridized carbons (Fsp3) is 0.562. The largest absolute Gasteiger partial charge is 0.357 e. The Morgan fingerprint density at radius 3 is 2.50 bits per heavy atom. The molecule has 0 saturated carbocycles. The summed E-state index contributed by atoms with van der Waals surface area (Å²) in [7, 11) is -3.25. The molecule has 0 aliphatic rings. The van der Waals surface area contributed by atoms with Gasteiger partial charge in [-0.1, -0.05) is 18.2 Å². The van der Waals surface area contributed by atoms with Crippen LogP contribution in [0.1, 0.15) is 19.8 Å². The van der Waals surface area contributed by atoms with Gasteiger partial charge < -0.3 is 10.6 Å². The first kappa shape index (κ1) is 23.5. The molecule has 8 heteroatoms. The number of nitrogens with one attached hydrogen (secondary N) is 2. The first-order valence-electron chi connectivity index (χ1n) is 7.89. The number of nitrogens with zero attached hydrogens (tertiary/aromatic N) is 1. The highest BCUT2D eigenvalue weighted by Crippen LogP contribution is 2.09. The fourth-order valence-electron chi connectivity index (χ4n) is 1.94. The third kappa shape index (κ3) is 9.73. The van der Waals surface area contributed by atoms with Gasteiger partial charge in [-0.25, -0.2) is 8.42 Å². The smallest absolute Gasteiger partial charge is 0.191 e. The van der Waals surface area contributed by atoms with Crippen LogP contribution in [0.15, 0.2) is 40.2 Å². The monoisotopic (exact) mass is 485 g/mol.